The highest BCUT2D eigenvalue weighted by molar-refractivity contribution is 7.09. The van der Waals surface area contributed by atoms with Crippen LogP contribution >= 0.6 is 11.3 Å². The van der Waals surface area contributed by atoms with E-state index in [-0.39, 0.29) is 0 Å². The predicted molar refractivity (Wildman–Crippen MR) is 116 cm³/mol. The topological polar surface area (TPSA) is 67.1 Å². The van der Waals surface area contributed by atoms with Crippen LogP contribution in [-0.2, 0) is 19.3 Å². The molecule has 0 radical (unpaired) electrons. The highest BCUT2D eigenvalue weighted by atomic mass is 32.1. The molecule has 2 N–H and O–H groups in total. The minimum atomic E-state index is 0.737. The number of nitrogens with one attached hydrogen (secondary N) is 2. The normalized spacial score (nSPS) is 11.6. The van der Waals surface area contributed by atoms with Gasteiger partial charge in [0.1, 0.15) is 0 Å². The second-order valence-corrected chi connectivity index (χ2v) is 7.33. The summed E-state index contributed by atoms with van der Waals surface area (Å²) >= 11 is 1.73. The molecule has 3 rings (SSSR count). The van der Waals surface area contributed by atoms with E-state index in [1.165, 1.54) is 10.6 Å². The first-order valence-corrected chi connectivity index (χ1v) is 10.7. The van der Waals surface area contributed by atoms with E-state index in [1.54, 1.807) is 17.5 Å². The standard InChI is InChI=1S/C21H28N6S/c1-3-20-26-18(16-28-20)11-14-24-21(22-4-2)23-13-10-17-6-8-19(9-7-17)27-15-5-12-25-27/h5-9,12,15-16H,3-4,10-11,13-14H2,1-2H3,(H2,22,23,24). The van der Waals surface area contributed by atoms with Gasteiger partial charge in [-0.25, -0.2) is 9.67 Å². The number of aryl methyl sites for hydroxylation is 1. The van der Waals surface area contributed by atoms with E-state index in [0.29, 0.717) is 0 Å². The monoisotopic (exact) mass is 396 g/mol. The maximum absolute atomic E-state index is 4.67. The highest BCUT2D eigenvalue weighted by Gasteiger charge is 2.02. The molecule has 0 spiro atoms. The van der Waals surface area contributed by atoms with Crippen LogP contribution < -0.4 is 10.6 Å². The van der Waals surface area contributed by atoms with Crippen LogP contribution in [0.1, 0.15) is 30.1 Å². The van der Waals surface area contributed by atoms with Crippen molar-refractivity contribution >= 4 is 17.3 Å². The summed E-state index contributed by atoms with van der Waals surface area (Å²) in [5, 5.41) is 14.3. The number of nitrogens with zero attached hydrogens (tertiary/aromatic N) is 4. The fourth-order valence-corrected chi connectivity index (χ4v) is 3.59. The molecule has 2 aromatic heterocycles. The molecule has 6 nitrogen and oxygen atoms in total. The SMILES string of the molecule is CCNC(=NCCc1csc(CC)n1)NCCc1ccc(-n2cccn2)cc1. The van der Waals surface area contributed by atoms with Crippen molar-refractivity contribution < 1.29 is 0 Å². The Hall–Kier alpha value is -2.67. The minimum Gasteiger partial charge on any atom is -0.357 e. The van der Waals surface area contributed by atoms with Crippen molar-refractivity contribution in [1.82, 2.24) is 25.4 Å². The van der Waals surface area contributed by atoms with Gasteiger partial charge in [-0.3, -0.25) is 4.99 Å². The summed E-state index contributed by atoms with van der Waals surface area (Å²) in [6, 6.07) is 10.4. The molecule has 0 amide bonds. The summed E-state index contributed by atoms with van der Waals surface area (Å²) < 4.78 is 1.86. The van der Waals surface area contributed by atoms with Crippen LogP contribution in [0.15, 0.2) is 53.1 Å². The van der Waals surface area contributed by atoms with E-state index in [2.05, 4.69) is 69.2 Å². The molecule has 0 aliphatic carbocycles. The number of aromatic nitrogens is 3. The van der Waals surface area contributed by atoms with Gasteiger partial charge in [-0.2, -0.15) is 5.10 Å². The van der Waals surface area contributed by atoms with Gasteiger partial charge in [-0.1, -0.05) is 19.1 Å². The Morgan fingerprint density at radius 3 is 2.68 bits per heavy atom. The van der Waals surface area contributed by atoms with E-state index in [1.807, 2.05) is 16.9 Å². The smallest absolute Gasteiger partial charge is 0.191 e. The molecular weight excluding hydrogens is 368 g/mol. The van der Waals surface area contributed by atoms with Gasteiger partial charge in [0.2, 0.25) is 0 Å². The van der Waals surface area contributed by atoms with Gasteiger partial charge in [-0.05, 0) is 43.5 Å². The Bertz CT molecular complexity index is 851. The molecule has 0 aliphatic rings. The van der Waals surface area contributed by atoms with Crippen LogP contribution in [0.2, 0.25) is 0 Å². The third kappa shape index (κ3) is 5.92. The Balaban J connectivity index is 1.46. The lowest BCUT2D eigenvalue weighted by molar-refractivity contribution is 0.793. The molecule has 3 aromatic rings. The van der Waals surface area contributed by atoms with Crippen LogP contribution in [0, 0.1) is 0 Å². The van der Waals surface area contributed by atoms with E-state index >= 15 is 0 Å². The largest absolute Gasteiger partial charge is 0.357 e. The molecule has 0 aliphatic heterocycles. The molecule has 0 fully saturated rings. The average molecular weight is 397 g/mol. The van der Waals surface area contributed by atoms with Crippen LogP contribution in [0.3, 0.4) is 0 Å². The summed E-state index contributed by atoms with van der Waals surface area (Å²) in [4.78, 5) is 9.27. The van der Waals surface area contributed by atoms with Crippen molar-refractivity contribution in [2.45, 2.75) is 33.1 Å². The number of guanidine groups is 1. The molecule has 0 saturated carbocycles. The molecule has 7 heteroatoms. The number of aliphatic imine (C=N–C) groups is 1. The fraction of sp³-hybridized carbons (Fsp3) is 0.381. The van der Waals surface area contributed by atoms with E-state index in [4.69, 9.17) is 0 Å². The first-order chi connectivity index (χ1) is 13.8. The van der Waals surface area contributed by atoms with Crippen LogP contribution in [0.5, 0.6) is 0 Å². The van der Waals surface area contributed by atoms with Gasteiger partial charge in [0.25, 0.3) is 0 Å². The number of rotatable bonds is 9. The molecule has 28 heavy (non-hydrogen) atoms. The van der Waals surface area contributed by atoms with Crippen LogP contribution in [0.4, 0.5) is 0 Å². The lowest BCUT2D eigenvalue weighted by atomic mass is 10.1. The molecule has 0 bridgehead atoms. The van der Waals surface area contributed by atoms with Crippen molar-refractivity contribution in [3.8, 4) is 5.69 Å². The lowest BCUT2D eigenvalue weighted by Crippen LogP contribution is -2.38. The van der Waals surface area contributed by atoms with Crippen LogP contribution in [-0.4, -0.2) is 40.4 Å². The number of thiazole rings is 1. The number of hydrogen-bond acceptors (Lipinski definition) is 4. The second kappa shape index (κ2) is 10.6. The number of hydrogen-bond donors (Lipinski definition) is 2. The molecule has 0 saturated heterocycles. The molecule has 148 valence electrons. The average Bonchev–Trinajstić information content (AvgIpc) is 3.41. The number of benzene rings is 1. The maximum Gasteiger partial charge on any atom is 0.191 e. The van der Waals surface area contributed by atoms with Gasteiger partial charge < -0.3 is 10.6 Å². The fourth-order valence-electron chi connectivity index (χ4n) is 2.81. The quantitative estimate of drug-likeness (QED) is 0.430. The molecule has 0 atom stereocenters. The lowest BCUT2D eigenvalue weighted by Gasteiger charge is -2.11. The van der Waals surface area contributed by atoms with Gasteiger partial charge in [0.15, 0.2) is 5.96 Å². The Labute approximate surface area is 170 Å². The zero-order valence-corrected chi connectivity index (χ0v) is 17.4. The van der Waals surface area contributed by atoms with Crippen molar-refractivity contribution in [3.05, 3.63) is 64.4 Å². The predicted octanol–water partition coefficient (Wildman–Crippen LogP) is 3.23. The summed E-state index contributed by atoms with van der Waals surface area (Å²) in [5.74, 6) is 0.863. The summed E-state index contributed by atoms with van der Waals surface area (Å²) in [5.41, 5.74) is 3.50. The van der Waals surface area contributed by atoms with Crippen LogP contribution in [0.25, 0.3) is 5.69 Å². The van der Waals surface area contributed by atoms with Crippen molar-refractivity contribution in [3.63, 3.8) is 0 Å². The van der Waals surface area contributed by atoms with E-state index in [9.17, 15) is 0 Å². The third-order valence-electron chi connectivity index (χ3n) is 4.30. The third-order valence-corrected chi connectivity index (χ3v) is 5.34. The van der Waals surface area contributed by atoms with Crippen molar-refractivity contribution in [1.29, 1.82) is 0 Å². The van der Waals surface area contributed by atoms with Crippen molar-refractivity contribution in [2.75, 3.05) is 19.6 Å². The van der Waals surface area contributed by atoms with Gasteiger partial charge >= 0.3 is 0 Å². The Kier molecular flexibility index (Phi) is 7.61. The first-order valence-electron chi connectivity index (χ1n) is 9.83. The van der Waals surface area contributed by atoms with Gasteiger partial charge in [-0.15, -0.1) is 11.3 Å². The molecule has 0 unspecified atom stereocenters. The van der Waals surface area contributed by atoms with Gasteiger partial charge in [0.05, 0.1) is 16.4 Å². The minimum absolute atomic E-state index is 0.737. The second-order valence-electron chi connectivity index (χ2n) is 6.39. The first kappa shape index (κ1) is 20.1. The highest BCUT2D eigenvalue weighted by Crippen LogP contribution is 2.11. The zero-order chi connectivity index (χ0) is 19.6. The van der Waals surface area contributed by atoms with Crippen molar-refractivity contribution in [2.24, 2.45) is 4.99 Å². The van der Waals surface area contributed by atoms with E-state index < -0.39 is 0 Å². The molecular formula is C21H28N6S. The molecule has 2 heterocycles. The van der Waals surface area contributed by atoms with Gasteiger partial charge in [0, 0.05) is 43.8 Å². The zero-order valence-electron chi connectivity index (χ0n) is 16.6. The Morgan fingerprint density at radius 2 is 2.00 bits per heavy atom. The summed E-state index contributed by atoms with van der Waals surface area (Å²) in [6.07, 6.45) is 6.56. The Morgan fingerprint density at radius 1 is 1.14 bits per heavy atom. The summed E-state index contributed by atoms with van der Waals surface area (Å²) in [7, 11) is 0. The summed E-state index contributed by atoms with van der Waals surface area (Å²) in [6.45, 7) is 6.64. The maximum atomic E-state index is 4.67. The molecule has 1 aromatic carbocycles. The van der Waals surface area contributed by atoms with E-state index in [0.717, 1.165) is 56.2 Å².